The summed E-state index contributed by atoms with van der Waals surface area (Å²) in [5, 5.41) is 3.08. The van der Waals surface area contributed by atoms with Crippen molar-refractivity contribution in [3.05, 3.63) is 29.8 Å². The molecule has 1 N–H and O–H groups in total. The third-order valence-electron chi connectivity index (χ3n) is 3.79. The zero-order valence-electron chi connectivity index (χ0n) is 14.4. The molecule has 0 saturated heterocycles. The van der Waals surface area contributed by atoms with Gasteiger partial charge in [-0.15, -0.1) is 11.8 Å². The first-order valence-electron chi connectivity index (χ1n) is 8.35. The number of likely N-dealkylation sites (N-methyl/N-ethyl adjacent to an activating group) is 1. The maximum Gasteiger partial charge on any atom is 0.234 e. The van der Waals surface area contributed by atoms with Crippen molar-refractivity contribution in [2.24, 2.45) is 0 Å². The third kappa shape index (κ3) is 6.84. The Morgan fingerprint density at radius 3 is 2.36 bits per heavy atom. The van der Waals surface area contributed by atoms with E-state index in [1.165, 1.54) is 23.5 Å². The van der Waals surface area contributed by atoms with Crippen molar-refractivity contribution in [3.63, 3.8) is 0 Å². The van der Waals surface area contributed by atoms with Crippen LogP contribution in [0.3, 0.4) is 0 Å². The van der Waals surface area contributed by atoms with E-state index in [1.807, 2.05) is 18.7 Å². The van der Waals surface area contributed by atoms with E-state index >= 15 is 0 Å². The van der Waals surface area contributed by atoms with Crippen LogP contribution in [0.1, 0.15) is 52.1 Å². The van der Waals surface area contributed by atoms with E-state index in [0.717, 1.165) is 18.7 Å². The van der Waals surface area contributed by atoms with Crippen LogP contribution in [0.15, 0.2) is 29.2 Å². The monoisotopic (exact) mass is 322 g/mol. The molecule has 0 saturated carbocycles. The van der Waals surface area contributed by atoms with E-state index in [0.29, 0.717) is 6.54 Å². The Hall–Kier alpha value is -1.00. The number of rotatable bonds is 10. The summed E-state index contributed by atoms with van der Waals surface area (Å²) >= 11 is 1.90. The lowest BCUT2D eigenvalue weighted by molar-refractivity contribution is -0.122. The van der Waals surface area contributed by atoms with E-state index in [1.54, 1.807) is 0 Å². The van der Waals surface area contributed by atoms with Gasteiger partial charge >= 0.3 is 0 Å². The molecule has 1 aromatic rings. The maximum absolute atomic E-state index is 12.0. The van der Waals surface area contributed by atoms with Crippen molar-refractivity contribution in [2.75, 3.05) is 25.4 Å². The van der Waals surface area contributed by atoms with Crippen LogP contribution < -0.4 is 5.32 Å². The quantitative estimate of drug-likeness (QED) is 0.520. The fraction of sp³-hybridized carbons (Fsp3) is 0.611. The fourth-order valence-electron chi connectivity index (χ4n) is 2.21. The Labute approximate surface area is 139 Å². The number of unbranched alkanes of at least 4 members (excludes halogenated alkanes) is 1. The summed E-state index contributed by atoms with van der Waals surface area (Å²) in [5.41, 5.74) is 1.16. The van der Waals surface area contributed by atoms with Crippen LogP contribution in [0.4, 0.5) is 0 Å². The predicted octanol–water partition coefficient (Wildman–Crippen LogP) is 4.10. The molecule has 1 aromatic carbocycles. The van der Waals surface area contributed by atoms with E-state index in [2.05, 4.69) is 55.3 Å². The predicted molar refractivity (Wildman–Crippen MR) is 96.4 cm³/mol. The minimum Gasteiger partial charge on any atom is -0.348 e. The van der Waals surface area contributed by atoms with Crippen molar-refractivity contribution >= 4 is 17.7 Å². The van der Waals surface area contributed by atoms with Crippen LogP contribution in [0, 0.1) is 0 Å². The van der Waals surface area contributed by atoms with Crippen LogP contribution in [-0.2, 0) is 4.79 Å². The van der Waals surface area contributed by atoms with Gasteiger partial charge in [0.1, 0.15) is 0 Å². The molecule has 1 rings (SSSR count). The molecule has 22 heavy (non-hydrogen) atoms. The highest BCUT2D eigenvalue weighted by molar-refractivity contribution is 7.99. The minimum absolute atomic E-state index is 0.0535. The van der Waals surface area contributed by atoms with Gasteiger partial charge in [-0.25, -0.2) is 0 Å². The number of hydrogen-bond acceptors (Lipinski definition) is 3. The molecule has 0 radical (unpaired) electrons. The number of nitrogens with zero attached hydrogens (tertiary/aromatic N) is 1. The van der Waals surface area contributed by atoms with Gasteiger partial charge in [0.25, 0.3) is 0 Å². The van der Waals surface area contributed by atoms with Gasteiger partial charge in [-0.2, -0.15) is 0 Å². The van der Waals surface area contributed by atoms with Gasteiger partial charge in [0.05, 0.1) is 12.6 Å². The zero-order chi connectivity index (χ0) is 16.4. The van der Waals surface area contributed by atoms with Gasteiger partial charge in [-0.3, -0.25) is 9.69 Å². The summed E-state index contributed by atoms with van der Waals surface area (Å²) < 4.78 is 0. The molecule has 1 unspecified atom stereocenters. The molecule has 0 aliphatic heterocycles. The molecule has 1 atom stereocenters. The Bertz CT molecular complexity index is 429. The molecule has 0 aliphatic rings. The lowest BCUT2D eigenvalue weighted by atomic mass is 10.1. The first-order valence-corrected chi connectivity index (χ1v) is 9.33. The standard InChI is InChI=1S/C18H30N2OS/c1-5-8-13-22-17-11-9-16(10-12-17)15(4)19-18(21)14-20(6-2)7-3/h9-12,15H,5-8,13-14H2,1-4H3,(H,19,21). The zero-order valence-corrected chi connectivity index (χ0v) is 15.2. The largest absolute Gasteiger partial charge is 0.348 e. The highest BCUT2D eigenvalue weighted by Gasteiger charge is 2.12. The summed E-state index contributed by atoms with van der Waals surface area (Å²) in [6.45, 7) is 10.7. The third-order valence-corrected chi connectivity index (χ3v) is 4.88. The number of benzene rings is 1. The average molecular weight is 323 g/mol. The topological polar surface area (TPSA) is 32.3 Å². The normalized spacial score (nSPS) is 12.4. The number of nitrogens with one attached hydrogen (secondary N) is 1. The van der Waals surface area contributed by atoms with E-state index in [4.69, 9.17) is 0 Å². The van der Waals surface area contributed by atoms with Gasteiger partial charge in [-0.1, -0.05) is 39.3 Å². The molecule has 1 amide bonds. The van der Waals surface area contributed by atoms with Gasteiger partial charge in [0.2, 0.25) is 5.91 Å². The molecular weight excluding hydrogens is 292 g/mol. The fourth-order valence-corrected chi connectivity index (χ4v) is 3.21. The summed E-state index contributed by atoms with van der Waals surface area (Å²) in [6, 6.07) is 8.61. The van der Waals surface area contributed by atoms with Crippen LogP contribution in [0.2, 0.25) is 0 Å². The van der Waals surface area contributed by atoms with Crippen LogP contribution >= 0.6 is 11.8 Å². The summed E-state index contributed by atoms with van der Waals surface area (Å²) in [4.78, 5) is 15.5. The van der Waals surface area contributed by atoms with Gasteiger partial charge < -0.3 is 5.32 Å². The van der Waals surface area contributed by atoms with E-state index in [9.17, 15) is 4.79 Å². The van der Waals surface area contributed by atoms with Crippen molar-refractivity contribution in [1.82, 2.24) is 10.2 Å². The number of carbonyl (C=O) groups excluding carboxylic acids is 1. The summed E-state index contributed by atoms with van der Waals surface area (Å²) in [6.07, 6.45) is 2.49. The summed E-state index contributed by atoms with van der Waals surface area (Å²) in [5.74, 6) is 1.27. The van der Waals surface area contributed by atoms with Crippen LogP contribution in [0.25, 0.3) is 0 Å². The first kappa shape index (κ1) is 19.0. The molecule has 0 aromatic heterocycles. The highest BCUT2D eigenvalue weighted by atomic mass is 32.2. The molecule has 0 bridgehead atoms. The van der Waals surface area contributed by atoms with Gasteiger partial charge in [0.15, 0.2) is 0 Å². The number of carbonyl (C=O) groups is 1. The Morgan fingerprint density at radius 2 is 1.82 bits per heavy atom. The van der Waals surface area contributed by atoms with Crippen LogP contribution in [-0.4, -0.2) is 36.2 Å². The first-order chi connectivity index (χ1) is 10.6. The van der Waals surface area contributed by atoms with Gasteiger partial charge in [0, 0.05) is 4.90 Å². The highest BCUT2D eigenvalue weighted by Crippen LogP contribution is 2.22. The second-order valence-corrected chi connectivity index (χ2v) is 6.69. The molecule has 0 aliphatic carbocycles. The maximum atomic E-state index is 12.0. The van der Waals surface area contributed by atoms with Crippen molar-refractivity contribution in [2.45, 2.75) is 51.5 Å². The second kappa shape index (κ2) is 10.7. The Balaban J connectivity index is 2.47. The second-order valence-electron chi connectivity index (χ2n) is 5.52. The molecule has 0 heterocycles. The van der Waals surface area contributed by atoms with Crippen molar-refractivity contribution in [3.8, 4) is 0 Å². The van der Waals surface area contributed by atoms with Crippen LogP contribution in [0.5, 0.6) is 0 Å². The Kier molecular flexibility index (Phi) is 9.25. The molecule has 0 spiro atoms. The Morgan fingerprint density at radius 1 is 1.18 bits per heavy atom. The number of hydrogen-bond donors (Lipinski definition) is 1. The lowest BCUT2D eigenvalue weighted by Gasteiger charge is -2.20. The van der Waals surface area contributed by atoms with Gasteiger partial charge in [-0.05, 0) is 49.9 Å². The summed E-state index contributed by atoms with van der Waals surface area (Å²) in [7, 11) is 0. The van der Waals surface area contributed by atoms with Crippen molar-refractivity contribution < 1.29 is 4.79 Å². The van der Waals surface area contributed by atoms with Crippen molar-refractivity contribution in [1.29, 1.82) is 0 Å². The van der Waals surface area contributed by atoms with E-state index in [-0.39, 0.29) is 11.9 Å². The number of thioether (sulfide) groups is 1. The SMILES string of the molecule is CCCCSc1ccc(C(C)NC(=O)CN(CC)CC)cc1. The molecule has 0 fully saturated rings. The average Bonchev–Trinajstić information content (AvgIpc) is 2.53. The van der Waals surface area contributed by atoms with E-state index < -0.39 is 0 Å². The minimum atomic E-state index is 0.0535. The molecule has 124 valence electrons. The molecular formula is C18H30N2OS. The smallest absolute Gasteiger partial charge is 0.234 e. The number of amides is 1. The molecule has 3 nitrogen and oxygen atoms in total. The molecule has 4 heteroatoms. The lowest BCUT2D eigenvalue weighted by Crippen LogP contribution is -2.38.